The molecule has 2 heterocycles. The summed E-state index contributed by atoms with van der Waals surface area (Å²) in [6, 6.07) is 0. The molecule has 0 bridgehead atoms. The van der Waals surface area contributed by atoms with E-state index >= 15 is 0 Å². The molecule has 0 radical (unpaired) electrons. The molecule has 0 aromatic carbocycles. The lowest BCUT2D eigenvalue weighted by molar-refractivity contribution is -0.0824. The molecule has 2 aliphatic heterocycles. The van der Waals surface area contributed by atoms with Crippen LogP contribution >= 0.6 is 0 Å². The van der Waals surface area contributed by atoms with E-state index in [9.17, 15) is 0 Å². The van der Waals surface area contributed by atoms with E-state index in [4.69, 9.17) is 15.2 Å². The number of hydrogen-bond donors (Lipinski definition) is 1. The van der Waals surface area contributed by atoms with Crippen LogP contribution < -0.4 is 5.73 Å². The Morgan fingerprint density at radius 3 is 2.60 bits per heavy atom. The Morgan fingerprint density at radius 2 is 1.95 bits per heavy atom. The van der Waals surface area contributed by atoms with Crippen LogP contribution in [-0.2, 0) is 9.47 Å². The summed E-state index contributed by atoms with van der Waals surface area (Å²) >= 11 is 0. The van der Waals surface area contributed by atoms with E-state index in [1.807, 2.05) is 0 Å². The van der Waals surface area contributed by atoms with Gasteiger partial charge in [0.1, 0.15) is 0 Å². The number of rotatable bonds is 2. The van der Waals surface area contributed by atoms with Crippen LogP contribution in [0.3, 0.4) is 0 Å². The van der Waals surface area contributed by atoms with Crippen molar-refractivity contribution in [3.8, 4) is 0 Å². The Balaban J connectivity index is 1.93. The van der Waals surface area contributed by atoms with Crippen LogP contribution in [0.5, 0.6) is 0 Å². The van der Waals surface area contributed by atoms with Gasteiger partial charge in [-0.15, -0.1) is 0 Å². The number of aliphatic imine (C=N–C) groups is 1. The van der Waals surface area contributed by atoms with Gasteiger partial charge in [-0.25, -0.2) is 0 Å². The maximum Gasteiger partial charge on any atom is 0.191 e. The molecule has 20 heavy (non-hydrogen) atoms. The number of nitrogens with zero attached hydrogens (tertiary/aromatic N) is 2. The van der Waals surface area contributed by atoms with Crippen LogP contribution in [0.15, 0.2) is 4.99 Å². The van der Waals surface area contributed by atoms with Gasteiger partial charge in [0.05, 0.1) is 19.3 Å². The summed E-state index contributed by atoms with van der Waals surface area (Å²) in [6.45, 7) is 11.5. The van der Waals surface area contributed by atoms with E-state index in [0.717, 1.165) is 45.9 Å². The molecule has 0 amide bonds. The van der Waals surface area contributed by atoms with E-state index in [0.29, 0.717) is 11.9 Å². The fourth-order valence-electron chi connectivity index (χ4n) is 3.09. The number of nitrogens with two attached hydrogens (primary N) is 1. The Morgan fingerprint density at radius 1 is 1.25 bits per heavy atom. The van der Waals surface area contributed by atoms with Gasteiger partial charge in [-0.1, -0.05) is 20.8 Å². The molecular formula is C15H29N3O2. The number of morpholine rings is 1. The van der Waals surface area contributed by atoms with Gasteiger partial charge in [0, 0.05) is 32.2 Å². The fourth-order valence-corrected chi connectivity index (χ4v) is 3.09. The molecule has 5 heteroatoms. The summed E-state index contributed by atoms with van der Waals surface area (Å²) in [5.74, 6) is 1.13. The van der Waals surface area contributed by atoms with Crippen molar-refractivity contribution in [2.45, 2.75) is 39.7 Å². The molecule has 0 saturated carbocycles. The molecule has 0 unspecified atom stereocenters. The monoisotopic (exact) mass is 283 g/mol. The van der Waals surface area contributed by atoms with Crippen molar-refractivity contribution in [3.05, 3.63) is 0 Å². The summed E-state index contributed by atoms with van der Waals surface area (Å²) in [7, 11) is 0. The summed E-state index contributed by atoms with van der Waals surface area (Å²) in [5.41, 5.74) is 6.26. The smallest absolute Gasteiger partial charge is 0.191 e. The quantitative estimate of drug-likeness (QED) is 0.616. The fraction of sp³-hybridized carbons (Fsp3) is 0.933. The lowest BCUT2D eigenvalue weighted by atomic mass is 9.78. The largest absolute Gasteiger partial charge is 0.378 e. The Kier molecular flexibility index (Phi) is 5.27. The van der Waals surface area contributed by atoms with Crippen LogP contribution in [0.1, 0.15) is 33.6 Å². The van der Waals surface area contributed by atoms with E-state index < -0.39 is 0 Å². The number of ether oxygens (including phenoxy) is 2. The summed E-state index contributed by atoms with van der Waals surface area (Å²) in [4.78, 5) is 6.73. The Bertz CT molecular complexity index is 333. The zero-order chi connectivity index (χ0) is 14.6. The van der Waals surface area contributed by atoms with Crippen molar-refractivity contribution < 1.29 is 9.47 Å². The number of hydrogen-bond acceptors (Lipinski definition) is 3. The highest BCUT2D eigenvalue weighted by Crippen LogP contribution is 2.34. The molecule has 0 spiro atoms. The van der Waals surface area contributed by atoms with Crippen molar-refractivity contribution in [1.29, 1.82) is 0 Å². The first kappa shape index (κ1) is 15.6. The second-order valence-electron chi connectivity index (χ2n) is 6.86. The zero-order valence-corrected chi connectivity index (χ0v) is 13.1. The Hall–Kier alpha value is -0.810. The maximum absolute atomic E-state index is 6.10. The second-order valence-corrected chi connectivity index (χ2v) is 6.86. The Labute approximate surface area is 122 Å². The molecule has 116 valence electrons. The minimum atomic E-state index is 0.161. The van der Waals surface area contributed by atoms with Gasteiger partial charge in [0.15, 0.2) is 5.96 Å². The van der Waals surface area contributed by atoms with Gasteiger partial charge in [-0.2, -0.15) is 0 Å². The average molecular weight is 283 g/mol. The molecule has 0 aliphatic carbocycles. The summed E-state index contributed by atoms with van der Waals surface area (Å²) in [6.07, 6.45) is 2.59. The van der Waals surface area contributed by atoms with Crippen molar-refractivity contribution in [2.24, 2.45) is 22.1 Å². The standard InChI is InChI=1S/C15H29N3O2/c1-15(2,3)13-12(5-4-8-20-13)11-17-14(16)18-6-9-19-10-7-18/h12-13H,4-11H2,1-3H3,(H2,16,17)/t12-,13+/m1/s1. The van der Waals surface area contributed by atoms with Crippen LogP contribution in [0.2, 0.25) is 0 Å². The van der Waals surface area contributed by atoms with Gasteiger partial charge < -0.3 is 20.1 Å². The third-order valence-corrected chi connectivity index (χ3v) is 4.12. The SMILES string of the molecule is CC(C)(C)[C@H]1OCCC[C@@H]1CN=C(N)N1CCOCC1. The normalized spacial score (nSPS) is 29.6. The third-order valence-electron chi connectivity index (χ3n) is 4.12. The second kappa shape index (κ2) is 6.76. The highest BCUT2D eigenvalue weighted by atomic mass is 16.5. The first-order valence-electron chi connectivity index (χ1n) is 7.72. The van der Waals surface area contributed by atoms with Gasteiger partial charge in [-0.05, 0) is 18.3 Å². The summed E-state index contributed by atoms with van der Waals surface area (Å²) < 4.78 is 11.3. The third kappa shape index (κ3) is 4.09. The van der Waals surface area contributed by atoms with Crippen molar-refractivity contribution >= 4 is 5.96 Å². The molecule has 0 aromatic rings. The minimum absolute atomic E-state index is 0.161. The predicted octanol–water partition coefficient (Wildman–Crippen LogP) is 1.47. The molecule has 2 fully saturated rings. The first-order valence-corrected chi connectivity index (χ1v) is 7.72. The van der Waals surface area contributed by atoms with Gasteiger partial charge in [0.25, 0.3) is 0 Å². The highest BCUT2D eigenvalue weighted by Gasteiger charge is 2.35. The molecule has 2 saturated heterocycles. The topological polar surface area (TPSA) is 60.1 Å². The molecule has 0 aromatic heterocycles. The lowest BCUT2D eigenvalue weighted by Crippen LogP contribution is -2.46. The zero-order valence-electron chi connectivity index (χ0n) is 13.1. The lowest BCUT2D eigenvalue weighted by Gasteiger charge is -2.39. The van der Waals surface area contributed by atoms with Gasteiger partial charge >= 0.3 is 0 Å². The molecule has 2 atom stereocenters. The van der Waals surface area contributed by atoms with Crippen LogP contribution in [0.4, 0.5) is 0 Å². The van der Waals surface area contributed by atoms with Crippen LogP contribution in [0, 0.1) is 11.3 Å². The van der Waals surface area contributed by atoms with Crippen molar-refractivity contribution in [1.82, 2.24) is 4.90 Å². The predicted molar refractivity (Wildman–Crippen MR) is 80.8 cm³/mol. The molecule has 2 N–H and O–H groups in total. The van der Waals surface area contributed by atoms with E-state index in [1.165, 1.54) is 6.42 Å². The molecule has 5 nitrogen and oxygen atoms in total. The van der Waals surface area contributed by atoms with E-state index in [-0.39, 0.29) is 11.5 Å². The first-order chi connectivity index (χ1) is 9.48. The maximum atomic E-state index is 6.10. The van der Waals surface area contributed by atoms with Gasteiger partial charge in [0.2, 0.25) is 0 Å². The molecule has 2 rings (SSSR count). The minimum Gasteiger partial charge on any atom is -0.378 e. The average Bonchev–Trinajstić information content (AvgIpc) is 2.45. The molecular weight excluding hydrogens is 254 g/mol. The van der Waals surface area contributed by atoms with E-state index in [1.54, 1.807) is 0 Å². The number of guanidine groups is 1. The van der Waals surface area contributed by atoms with Crippen molar-refractivity contribution in [2.75, 3.05) is 39.5 Å². The molecule has 2 aliphatic rings. The van der Waals surface area contributed by atoms with Gasteiger partial charge in [-0.3, -0.25) is 4.99 Å². The van der Waals surface area contributed by atoms with E-state index in [2.05, 4.69) is 30.7 Å². The van der Waals surface area contributed by atoms with Crippen LogP contribution in [-0.4, -0.2) is 56.4 Å². The van der Waals surface area contributed by atoms with Crippen LogP contribution in [0.25, 0.3) is 0 Å². The summed E-state index contributed by atoms with van der Waals surface area (Å²) in [5, 5.41) is 0. The highest BCUT2D eigenvalue weighted by molar-refractivity contribution is 5.78. The van der Waals surface area contributed by atoms with Crippen molar-refractivity contribution in [3.63, 3.8) is 0 Å².